The summed E-state index contributed by atoms with van der Waals surface area (Å²) in [4.78, 5) is 30.2. The number of aryl methyl sites for hydroxylation is 1. The summed E-state index contributed by atoms with van der Waals surface area (Å²) in [7, 11) is 1.67. The summed E-state index contributed by atoms with van der Waals surface area (Å²) >= 11 is 6.18. The molecule has 3 aromatic rings. The van der Waals surface area contributed by atoms with Crippen LogP contribution in [0, 0.1) is 12.7 Å². The second-order valence-corrected chi connectivity index (χ2v) is 7.51. The highest BCUT2D eigenvalue weighted by atomic mass is 35.5. The number of hydrogen-bond donors (Lipinski definition) is 0. The van der Waals surface area contributed by atoms with E-state index >= 15 is 0 Å². The molecule has 5 nitrogen and oxygen atoms in total. The summed E-state index contributed by atoms with van der Waals surface area (Å²) in [5.74, 6) is -0.462. The zero-order valence-corrected chi connectivity index (χ0v) is 16.8. The van der Waals surface area contributed by atoms with Crippen molar-refractivity contribution in [3.63, 3.8) is 0 Å². The molecule has 1 aromatic carbocycles. The third-order valence-corrected chi connectivity index (χ3v) is 5.77. The lowest BCUT2D eigenvalue weighted by molar-refractivity contribution is -0.118. The van der Waals surface area contributed by atoms with Crippen LogP contribution >= 0.6 is 11.6 Å². The van der Waals surface area contributed by atoms with Crippen LogP contribution in [-0.2, 0) is 17.8 Å². The minimum atomic E-state index is -0.415. The molecule has 2 aromatic heterocycles. The number of anilines is 1. The molecule has 3 heterocycles. The molecule has 1 aliphatic heterocycles. The molecular weight excluding hydrogens is 393 g/mol. The molecule has 1 aliphatic rings. The van der Waals surface area contributed by atoms with E-state index in [2.05, 4.69) is 4.98 Å². The summed E-state index contributed by atoms with van der Waals surface area (Å²) in [6.07, 6.45) is 4.23. The molecule has 0 bridgehead atoms. The first-order valence-electron chi connectivity index (χ1n) is 9.25. The van der Waals surface area contributed by atoms with Gasteiger partial charge in [-0.15, -0.1) is 0 Å². The molecule has 4 rings (SSSR count). The van der Waals surface area contributed by atoms with Crippen LogP contribution in [-0.4, -0.2) is 22.5 Å². The summed E-state index contributed by atoms with van der Waals surface area (Å²) in [6, 6.07) is 7.84. The van der Waals surface area contributed by atoms with Gasteiger partial charge in [0.1, 0.15) is 11.0 Å². The van der Waals surface area contributed by atoms with Gasteiger partial charge in [-0.1, -0.05) is 23.7 Å². The number of fused-ring (bicyclic) bond motifs is 1. The Morgan fingerprint density at radius 1 is 1.14 bits per heavy atom. The van der Waals surface area contributed by atoms with Crippen LogP contribution in [0.4, 0.5) is 10.1 Å². The van der Waals surface area contributed by atoms with E-state index < -0.39 is 5.82 Å². The average molecular weight is 412 g/mol. The number of carbonyl (C=O) groups is 1. The molecule has 0 unspecified atom stereocenters. The van der Waals surface area contributed by atoms with Gasteiger partial charge in [0.05, 0.1) is 12.2 Å². The molecule has 148 valence electrons. The second-order valence-electron chi connectivity index (χ2n) is 7.13. The van der Waals surface area contributed by atoms with E-state index in [-0.39, 0.29) is 18.0 Å². The summed E-state index contributed by atoms with van der Waals surface area (Å²) < 4.78 is 16.4. The number of amides is 1. The van der Waals surface area contributed by atoms with Crippen LogP contribution in [0.2, 0.25) is 5.15 Å². The highest BCUT2D eigenvalue weighted by Gasteiger charge is 2.27. The molecular formula is C22H19ClFN3O2. The van der Waals surface area contributed by atoms with Crippen molar-refractivity contribution < 1.29 is 9.18 Å². The number of carbonyl (C=O) groups excluding carboxylic acids is 1. The highest BCUT2D eigenvalue weighted by molar-refractivity contribution is 6.29. The molecule has 0 saturated heterocycles. The average Bonchev–Trinajstić information content (AvgIpc) is 2.69. The molecule has 0 saturated carbocycles. The summed E-state index contributed by atoms with van der Waals surface area (Å²) in [5, 5.41) is 0.316. The SMILES string of the molecule is Cc1c(Cn2c(Cl)cccc2=O)cncc1-c1c(F)ccc2c1N(C)C(=O)CC2. The minimum Gasteiger partial charge on any atom is -0.314 e. The largest absolute Gasteiger partial charge is 0.314 e. The van der Waals surface area contributed by atoms with Crippen molar-refractivity contribution in [1.82, 2.24) is 9.55 Å². The molecule has 0 aliphatic carbocycles. The van der Waals surface area contributed by atoms with E-state index in [1.165, 1.54) is 21.6 Å². The third-order valence-electron chi connectivity index (χ3n) is 5.44. The normalized spacial score (nSPS) is 13.5. The molecule has 7 heteroatoms. The van der Waals surface area contributed by atoms with Gasteiger partial charge < -0.3 is 4.90 Å². The topological polar surface area (TPSA) is 55.2 Å². The number of nitrogens with zero attached hydrogens (tertiary/aromatic N) is 3. The molecule has 0 spiro atoms. The van der Waals surface area contributed by atoms with Crippen LogP contribution in [0.15, 0.2) is 47.5 Å². The minimum absolute atomic E-state index is 0.0475. The van der Waals surface area contributed by atoms with Crippen molar-refractivity contribution in [3.8, 4) is 11.1 Å². The van der Waals surface area contributed by atoms with Crippen molar-refractivity contribution in [2.75, 3.05) is 11.9 Å². The van der Waals surface area contributed by atoms with E-state index in [1.54, 1.807) is 37.6 Å². The van der Waals surface area contributed by atoms with E-state index in [4.69, 9.17) is 11.6 Å². The van der Waals surface area contributed by atoms with Gasteiger partial charge in [-0.3, -0.25) is 19.1 Å². The maximum atomic E-state index is 15.0. The number of benzene rings is 1. The van der Waals surface area contributed by atoms with Crippen molar-refractivity contribution in [3.05, 3.63) is 80.7 Å². The smallest absolute Gasteiger partial charge is 0.251 e. The van der Waals surface area contributed by atoms with Gasteiger partial charge in [0.25, 0.3) is 5.56 Å². The van der Waals surface area contributed by atoms with Crippen LogP contribution in [0.5, 0.6) is 0 Å². The Morgan fingerprint density at radius 2 is 1.93 bits per heavy atom. The Bertz CT molecular complexity index is 1190. The predicted octanol–water partition coefficient (Wildman–Crippen LogP) is 3.97. The van der Waals surface area contributed by atoms with E-state index in [0.717, 1.165) is 16.7 Å². The number of rotatable bonds is 3. The zero-order chi connectivity index (χ0) is 20.7. The first kappa shape index (κ1) is 19.3. The summed E-state index contributed by atoms with van der Waals surface area (Å²) in [5.41, 5.74) is 3.77. The fourth-order valence-electron chi connectivity index (χ4n) is 3.78. The van der Waals surface area contributed by atoms with E-state index in [9.17, 15) is 14.0 Å². The quantitative estimate of drug-likeness (QED) is 0.613. The maximum Gasteiger partial charge on any atom is 0.251 e. The van der Waals surface area contributed by atoms with Gasteiger partial charge in [-0.2, -0.15) is 0 Å². The summed E-state index contributed by atoms with van der Waals surface area (Å²) in [6.45, 7) is 2.08. The molecule has 29 heavy (non-hydrogen) atoms. The molecule has 0 atom stereocenters. The van der Waals surface area contributed by atoms with Crippen LogP contribution in [0.25, 0.3) is 11.1 Å². The Hall–Kier alpha value is -2.99. The fourth-order valence-corrected chi connectivity index (χ4v) is 4.00. The zero-order valence-electron chi connectivity index (χ0n) is 16.1. The third kappa shape index (κ3) is 3.34. The van der Waals surface area contributed by atoms with Crippen molar-refractivity contribution in [2.24, 2.45) is 0 Å². The monoisotopic (exact) mass is 411 g/mol. The first-order chi connectivity index (χ1) is 13.9. The van der Waals surface area contributed by atoms with Crippen LogP contribution in [0.1, 0.15) is 23.1 Å². The lowest BCUT2D eigenvalue weighted by atomic mass is 9.91. The van der Waals surface area contributed by atoms with Crippen molar-refractivity contribution in [2.45, 2.75) is 26.3 Å². The number of pyridine rings is 2. The van der Waals surface area contributed by atoms with E-state index in [1.807, 2.05) is 6.92 Å². The standard InChI is InChI=1S/C22H19ClFN3O2/c1-13-15(12-27-18(23)4-3-5-20(27)29)10-25-11-16(13)21-17(24)8-6-14-7-9-19(28)26(2)22(14)21/h3-6,8,10-11H,7,9,12H2,1-2H3. The van der Waals surface area contributed by atoms with Crippen LogP contribution < -0.4 is 10.5 Å². The van der Waals surface area contributed by atoms with Gasteiger partial charge >= 0.3 is 0 Å². The van der Waals surface area contributed by atoms with Crippen LogP contribution in [0.3, 0.4) is 0 Å². The predicted molar refractivity (Wildman–Crippen MR) is 111 cm³/mol. The van der Waals surface area contributed by atoms with Gasteiger partial charge in [-0.05, 0) is 42.2 Å². The number of halogens is 2. The molecule has 0 radical (unpaired) electrons. The van der Waals surface area contributed by atoms with Gasteiger partial charge in [-0.25, -0.2) is 4.39 Å². The maximum absolute atomic E-state index is 15.0. The Morgan fingerprint density at radius 3 is 2.69 bits per heavy atom. The van der Waals surface area contributed by atoms with Crippen molar-refractivity contribution in [1.29, 1.82) is 0 Å². The Labute approximate surface area is 172 Å². The first-order valence-corrected chi connectivity index (χ1v) is 9.63. The molecule has 1 amide bonds. The highest BCUT2D eigenvalue weighted by Crippen LogP contribution is 2.40. The lowest BCUT2D eigenvalue weighted by Gasteiger charge is -2.29. The van der Waals surface area contributed by atoms with Gasteiger partial charge in [0.15, 0.2) is 0 Å². The lowest BCUT2D eigenvalue weighted by Crippen LogP contribution is -2.32. The van der Waals surface area contributed by atoms with Gasteiger partial charge in [0, 0.05) is 43.1 Å². The molecule has 0 fully saturated rings. The fraction of sp³-hybridized carbons (Fsp3) is 0.227. The van der Waals surface area contributed by atoms with Crippen molar-refractivity contribution >= 4 is 23.2 Å². The number of hydrogen-bond acceptors (Lipinski definition) is 3. The molecule has 0 N–H and O–H groups in total. The Balaban J connectivity index is 1.88. The second kappa shape index (κ2) is 7.44. The Kier molecular flexibility index (Phi) is 4.96. The van der Waals surface area contributed by atoms with Gasteiger partial charge in [0.2, 0.25) is 5.91 Å². The number of aromatic nitrogens is 2. The van der Waals surface area contributed by atoms with E-state index in [0.29, 0.717) is 34.8 Å².